The average molecular weight is 234 g/mol. The van der Waals surface area contributed by atoms with Crippen molar-refractivity contribution in [1.29, 1.82) is 0 Å². The molecule has 1 aliphatic rings. The first-order valence-corrected chi connectivity index (χ1v) is 5.97. The van der Waals surface area contributed by atoms with Crippen LogP contribution in [-0.2, 0) is 22.6 Å². The summed E-state index contributed by atoms with van der Waals surface area (Å²) >= 11 is 0. The van der Waals surface area contributed by atoms with E-state index in [1.165, 1.54) is 0 Å². The molecule has 0 radical (unpaired) electrons. The molecule has 0 saturated carbocycles. The molecule has 0 spiro atoms. The van der Waals surface area contributed by atoms with E-state index in [0.717, 1.165) is 24.0 Å². The molecular weight excluding hydrogens is 216 g/mol. The fraction of sp³-hybridized carbons (Fsp3) is 0.462. The molecule has 2 rings (SSSR count). The molecule has 17 heavy (non-hydrogen) atoms. The van der Waals surface area contributed by atoms with Crippen molar-refractivity contribution in [2.75, 3.05) is 6.61 Å². The maximum absolute atomic E-state index is 11.7. The van der Waals surface area contributed by atoms with Crippen molar-refractivity contribution in [3.63, 3.8) is 0 Å². The number of benzene rings is 1. The quantitative estimate of drug-likeness (QED) is 0.815. The maximum atomic E-state index is 11.7. The molecule has 1 aromatic rings. The molecule has 4 heteroatoms. The van der Waals surface area contributed by atoms with Crippen LogP contribution >= 0.6 is 0 Å². The summed E-state index contributed by atoms with van der Waals surface area (Å²) < 4.78 is 5.31. The third-order valence-electron chi connectivity index (χ3n) is 2.95. The molecule has 1 aliphatic heterocycles. The third kappa shape index (κ3) is 3.28. The lowest BCUT2D eigenvalue weighted by atomic mass is 10.1. The molecule has 0 aliphatic carbocycles. The number of carbonyl (C=O) groups excluding carboxylic acids is 1. The van der Waals surface area contributed by atoms with Crippen LogP contribution in [0.5, 0.6) is 0 Å². The first kappa shape index (κ1) is 12.1. The van der Waals surface area contributed by atoms with Gasteiger partial charge in [0.25, 0.3) is 0 Å². The van der Waals surface area contributed by atoms with Crippen molar-refractivity contribution in [2.24, 2.45) is 5.73 Å². The smallest absolute Gasteiger partial charge is 0.249 e. The molecule has 0 bridgehead atoms. The number of amides is 1. The summed E-state index contributed by atoms with van der Waals surface area (Å²) in [6.45, 7) is 1.79. The topological polar surface area (TPSA) is 64.3 Å². The van der Waals surface area contributed by atoms with Crippen LogP contribution in [0.25, 0.3) is 0 Å². The lowest BCUT2D eigenvalue weighted by Gasteiger charge is -2.10. The normalized spacial score (nSPS) is 19.2. The second kappa shape index (κ2) is 5.80. The Bertz CT molecular complexity index is 370. The molecular formula is C13H18N2O2. The van der Waals surface area contributed by atoms with Crippen molar-refractivity contribution in [1.82, 2.24) is 5.32 Å². The van der Waals surface area contributed by atoms with Crippen molar-refractivity contribution >= 4 is 5.91 Å². The Balaban J connectivity index is 1.82. The maximum Gasteiger partial charge on any atom is 0.249 e. The Morgan fingerprint density at radius 2 is 2.06 bits per heavy atom. The highest BCUT2D eigenvalue weighted by molar-refractivity contribution is 5.80. The van der Waals surface area contributed by atoms with Crippen LogP contribution in [-0.4, -0.2) is 18.6 Å². The molecule has 92 valence electrons. The van der Waals surface area contributed by atoms with Gasteiger partial charge in [0.2, 0.25) is 5.91 Å². The van der Waals surface area contributed by atoms with Gasteiger partial charge in [0.05, 0.1) is 0 Å². The molecule has 1 saturated heterocycles. The summed E-state index contributed by atoms with van der Waals surface area (Å²) in [6, 6.07) is 7.93. The molecule has 1 amide bonds. The molecule has 1 heterocycles. The largest absolute Gasteiger partial charge is 0.368 e. The molecule has 1 atom stereocenters. The molecule has 0 aromatic heterocycles. The van der Waals surface area contributed by atoms with Gasteiger partial charge in [0, 0.05) is 19.7 Å². The predicted octanol–water partition coefficient (Wildman–Crippen LogP) is 0.940. The van der Waals surface area contributed by atoms with E-state index in [4.69, 9.17) is 10.5 Å². The SMILES string of the molecule is NCc1ccc(CNC(=O)C2CCCO2)cc1. The summed E-state index contributed by atoms with van der Waals surface area (Å²) in [5, 5.41) is 2.88. The van der Waals surface area contributed by atoms with Crippen LogP contribution in [0.4, 0.5) is 0 Å². The Kier molecular flexibility index (Phi) is 4.12. The first-order valence-electron chi connectivity index (χ1n) is 5.97. The van der Waals surface area contributed by atoms with Crippen molar-refractivity contribution in [3.05, 3.63) is 35.4 Å². The fourth-order valence-electron chi connectivity index (χ4n) is 1.88. The monoisotopic (exact) mass is 234 g/mol. The second-order valence-corrected chi connectivity index (χ2v) is 4.24. The molecule has 3 N–H and O–H groups in total. The second-order valence-electron chi connectivity index (χ2n) is 4.24. The van der Waals surface area contributed by atoms with Gasteiger partial charge in [0.15, 0.2) is 0 Å². The van der Waals surface area contributed by atoms with E-state index in [2.05, 4.69) is 5.32 Å². The number of hydrogen-bond donors (Lipinski definition) is 2. The van der Waals surface area contributed by atoms with E-state index >= 15 is 0 Å². The standard InChI is InChI=1S/C13H18N2O2/c14-8-10-3-5-11(6-4-10)9-15-13(16)12-2-1-7-17-12/h3-6,12H,1-2,7-9,14H2,(H,15,16). The van der Waals surface area contributed by atoms with Crippen molar-refractivity contribution in [2.45, 2.75) is 32.0 Å². The van der Waals surface area contributed by atoms with Gasteiger partial charge in [-0.1, -0.05) is 24.3 Å². The van der Waals surface area contributed by atoms with Gasteiger partial charge in [-0.05, 0) is 24.0 Å². The zero-order valence-electron chi connectivity index (χ0n) is 9.82. The number of carbonyl (C=O) groups is 1. The van der Waals surface area contributed by atoms with Gasteiger partial charge in [0.1, 0.15) is 6.10 Å². The van der Waals surface area contributed by atoms with Crippen LogP contribution in [0.15, 0.2) is 24.3 Å². The number of hydrogen-bond acceptors (Lipinski definition) is 3. The van der Waals surface area contributed by atoms with Gasteiger partial charge in [-0.3, -0.25) is 4.79 Å². The van der Waals surface area contributed by atoms with Crippen LogP contribution in [0.3, 0.4) is 0 Å². The van der Waals surface area contributed by atoms with Crippen LogP contribution in [0.1, 0.15) is 24.0 Å². The number of nitrogens with two attached hydrogens (primary N) is 1. The van der Waals surface area contributed by atoms with Crippen LogP contribution in [0.2, 0.25) is 0 Å². The first-order chi connectivity index (χ1) is 8.29. The van der Waals surface area contributed by atoms with Crippen LogP contribution in [0, 0.1) is 0 Å². The van der Waals surface area contributed by atoms with E-state index in [-0.39, 0.29) is 12.0 Å². The lowest BCUT2D eigenvalue weighted by Crippen LogP contribution is -2.33. The van der Waals surface area contributed by atoms with Crippen molar-refractivity contribution in [3.8, 4) is 0 Å². The summed E-state index contributed by atoms with van der Waals surface area (Å²) in [7, 11) is 0. The van der Waals surface area contributed by atoms with Gasteiger partial charge in [-0.25, -0.2) is 0 Å². The Labute approximate surface area is 101 Å². The molecule has 1 fully saturated rings. The number of nitrogens with one attached hydrogen (secondary N) is 1. The summed E-state index contributed by atoms with van der Waals surface area (Å²) in [6.07, 6.45) is 1.56. The van der Waals surface area contributed by atoms with E-state index < -0.39 is 0 Å². The molecule has 4 nitrogen and oxygen atoms in total. The minimum Gasteiger partial charge on any atom is -0.368 e. The van der Waals surface area contributed by atoms with Gasteiger partial charge in [-0.15, -0.1) is 0 Å². The summed E-state index contributed by atoms with van der Waals surface area (Å²) in [4.78, 5) is 11.7. The van der Waals surface area contributed by atoms with Crippen molar-refractivity contribution < 1.29 is 9.53 Å². The van der Waals surface area contributed by atoms with E-state index in [1.54, 1.807) is 0 Å². The van der Waals surface area contributed by atoms with Gasteiger partial charge < -0.3 is 15.8 Å². The Morgan fingerprint density at radius 3 is 2.65 bits per heavy atom. The average Bonchev–Trinajstić information content (AvgIpc) is 2.90. The fourth-order valence-corrected chi connectivity index (χ4v) is 1.88. The highest BCUT2D eigenvalue weighted by Crippen LogP contribution is 2.12. The van der Waals surface area contributed by atoms with E-state index in [0.29, 0.717) is 19.7 Å². The zero-order valence-corrected chi connectivity index (χ0v) is 9.82. The van der Waals surface area contributed by atoms with Crippen LogP contribution < -0.4 is 11.1 Å². The Hall–Kier alpha value is -1.39. The zero-order chi connectivity index (χ0) is 12.1. The Morgan fingerprint density at radius 1 is 1.35 bits per heavy atom. The highest BCUT2D eigenvalue weighted by atomic mass is 16.5. The summed E-state index contributed by atoms with van der Waals surface area (Å²) in [5.74, 6) is -0.00889. The lowest BCUT2D eigenvalue weighted by molar-refractivity contribution is -0.130. The predicted molar refractivity (Wildman–Crippen MR) is 65.2 cm³/mol. The highest BCUT2D eigenvalue weighted by Gasteiger charge is 2.22. The minimum absolute atomic E-state index is 0.00889. The minimum atomic E-state index is -0.252. The number of ether oxygens (including phenoxy) is 1. The molecule has 1 aromatic carbocycles. The van der Waals surface area contributed by atoms with E-state index in [9.17, 15) is 4.79 Å². The number of rotatable bonds is 4. The van der Waals surface area contributed by atoms with E-state index in [1.807, 2.05) is 24.3 Å². The third-order valence-corrected chi connectivity index (χ3v) is 2.95. The molecule has 1 unspecified atom stereocenters. The van der Waals surface area contributed by atoms with Gasteiger partial charge >= 0.3 is 0 Å². The summed E-state index contributed by atoms with van der Waals surface area (Å²) in [5.41, 5.74) is 7.69. The van der Waals surface area contributed by atoms with Gasteiger partial charge in [-0.2, -0.15) is 0 Å².